The molecule has 158 valence electrons. The van der Waals surface area contributed by atoms with Crippen molar-refractivity contribution in [2.45, 2.75) is 31.3 Å². The first-order valence-corrected chi connectivity index (χ1v) is 10.5. The number of likely N-dealkylation sites (tertiary alicyclic amines) is 1. The standard InChI is InChI=1S/C23H25FN2O4/c24-18-2-4-19(5-3-18)26-14-20(30-23(26)27)9-12-25-10-7-16(8-11-25)17-1-6-21-22(13-17)29-15-28-21/h1-6,13,16,20H,7-12,14-15H2. The summed E-state index contributed by atoms with van der Waals surface area (Å²) in [6.45, 7) is 3.78. The molecule has 6 nitrogen and oxygen atoms in total. The van der Waals surface area contributed by atoms with Gasteiger partial charge in [-0.05, 0) is 80.2 Å². The second-order valence-electron chi connectivity index (χ2n) is 8.11. The Kier molecular flexibility index (Phi) is 5.21. The Bertz CT molecular complexity index is 912. The summed E-state index contributed by atoms with van der Waals surface area (Å²) in [4.78, 5) is 16.2. The van der Waals surface area contributed by atoms with Crippen LogP contribution in [-0.2, 0) is 4.74 Å². The minimum Gasteiger partial charge on any atom is -0.454 e. The van der Waals surface area contributed by atoms with Crippen molar-refractivity contribution in [3.05, 3.63) is 53.8 Å². The van der Waals surface area contributed by atoms with Gasteiger partial charge in [-0.15, -0.1) is 0 Å². The summed E-state index contributed by atoms with van der Waals surface area (Å²) in [7, 11) is 0. The predicted molar refractivity (Wildman–Crippen MR) is 110 cm³/mol. The van der Waals surface area contributed by atoms with E-state index in [4.69, 9.17) is 14.2 Å². The number of hydrogen-bond acceptors (Lipinski definition) is 5. The maximum Gasteiger partial charge on any atom is 0.414 e. The van der Waals surface area contributed by atoms with Gasteiger partial charge in [0, 0.05) is 12.2 Å². The van der Waals surface area contributed by atoms with Crippen LogP contribution >= 0.6 is 0 Å². The maximum atomic E-state index is 13.1. The van der Waals surface area contributed by atoms with Gasteiger partial charge < -0.3 is 19.1 Å². The SMILES string of the molecule is O=C1OC(CCN2CCC(c3ccc4c(c3)OCO4)CC2)CN1c1ccc(F)cc1. The number of piperidine rings is 1. The zero-order valence-electron chi connectivity index (χ0n) is 16.8. The molecule has 2 aromatic carbocycles. The van der Waals surface area contributed by atoms with Crippen LogP contribution in [0.25, 0.3) is 0 Å². The first-order chi connectivity index (χ1) is 14.7. The van der Waals surface area contributed by atoms with E-state index < -0.39 is 0 Å². The van der Waals surface area contributed by atoms with E-state index in [1.807, 2.05) is 6.07 Å². The number of halogens is 1. The second kappa shape index (κ2) is 8.14. The largest absolute Gasteiger partial charge is 0.454 e. The van der Waals surface area contributed by atoms with Crippen LogP contribution in [0.2, 0.25) is 0 Å². The topological polar surface area (TPSA) is 51.2 Å². The molecule has 1 atom stereocenters. The molecule has 0 bridgehead atoms. The van der Waals surface area contributed by atoms with Gasteiger partial charge in [0.1, 0.15) is 11.9 Å². The zero-order chi connectivity index (χ0) is 20.5. The first-order valence-electron chi connectivity index (χ1n) is 10.5. The highest BCUT2D eigenvalue weighted by molar-refractivity contribution is 5.89. The number of nitrogens with zero attached hydrogens (tertiary/aromatic N) is 2. The Hall–Kier alpha value is -2.80. The molecule has 0 spiro atoms. The predicted octanol–water partition coefficient (Wildman–Crippen LogP) is 4.15. The number of ether oxygens (including phenoxy) is 3. The number of carbonyl (C=O) groups is 1. The van der Waals surface area contributed by atoms with Gasteiger partial charge in [-0.2, -0.15) is 0 Å². The lowest BCUT2D eigenvalue weighted by atomic mass is 9.89. The summed E-state index contributed by atoms with van der Waals surface area (Å²) in [5.41, 5.74) is 1.99. The summed E-state index contributed by atoms with van der Waals surface area (Å²) in [5.74, 6) is 1.90. The van der Waals surface area contributed by atoms with E-state index in [9.17, 15) is 9.18 Å². The number of rotatable bonds is 5. The molecule has 0 aromatic heterocycles. The Balaban J connectivity index is 1.10. The van der Waals surface area contributed by atoms with Gasteiger partial charge in [-0.1, -0.05) is 6.07 Å². The number of fused-ring (bicyclic) bond motifs is 1. The Morgan fingerprint density at radius 2 is 1.77 bits per heavy atom. The summed E-state index contributed by atoms with van der Waals surface area (Å²) in [5, 5.41) is 0. The average Bonchev–Trinajstić information content (AvgIpc) is 3.39. The molecular weight excluding hydrogens is 387 g/mol. The molecule has 2 saturated heterocycles. The van der Waals surface area contributed by atoms with Crippen molar-refractivity contribution in [1.29, 1.82) is 0 Å². The van der Waals surface area contributed by atoms with Crippen LogP contribution in [0.3, 0.4) is 0 Å². The van der Waals surface area contributed by atoms with Crippen molar-refractivity contribution in [1.82, 2.24) is 4.90 Å². The normalized spacial score (nSPS) is 21.8. The molecule has 0 radical (unpaired) electrons. The van der Waals surface area contributed by atoms with Crippen LogP contribution in [-0.4, -0.2) is 50.1 Å². The molecule has 3 heterocycles. The molecular formula is C23H25FN2O4. The molecule has 1 unspecified atom stereocenters. The van der Waals surface area contributed by atoms with Crippen LogP contribution in [0.4, 0.5) is 14.9 Å². The van der Waals surface area contributed by atoms with Gasteiger partial charge in [0.2, 0.25) is 6.79 Å². The van der Waals surface area contributed by atoms with Gasteiger partial charge in [0.25, 0.3) is 0 Å². The van der Waals surface area contributed by atoms with Crippen LogP contribution in [0.5, 0.6) is 11.5 Å². The third-order valence-corrected chi connectivity index (χ3v) is 6.24. The third kappa shape index (κ3) is 3.94. The van der Waals surface area contributed by atoms with Gasteiger partial charge in [-0.25, -0.2) is 9.18 Å². The molecule has 3 aliphatic rings. The molecule has 2 fully saturated rings. The monoisotopic (exact) mass is 412 g/mol. The zero-order valence-corrected chi connectivity index (χ0v) is 16.8. The van der Waals surface area contributed by atoms with Crippen LogP contribution in [0.1, 0.15) is 30.7 Å². The lowest BCUT2D eigenvalue weighted by Crippen LogP contribution is -2.35. The highest BCUT2D eigenvalue weighted by Crippen LogP contribution is 2.37. The fourth-order valence-corrected chi connectivity index (χ4v) is 4.49. The lowest BCUT2D eigenvalue weighted by molar-refractivity contribution is 0.120. The molecule has 7 heteroatoms. The molecule has 0 saturated carbocycles. The van der Waals surface area contributed by atoms with Crippen LogP contribution in [0.15, 0.2) is 42.5 Å². The van der Waals surface area contributed by atoms with E-state index in [2.05, 4.69) is 17.0 Å². The minimum atomic E-state index is -0.354. The van der Waals surface area contributed by atoms with Gasteiger partial charge in [0.15, 0.2) is 11.5 Å². The summed E-state index contributed by atoms with van der Waals surface area (Å²) in [6, 6.07) is 12.2. The fourth-order valence-electron chi connectivity index (χ4n) is 4.49. The molecule has 0 N–H and O–H groups in total. The first kappa shape index (κ1) is 19.2. The van der Waals surface area contributed by atoms with Gasteiger partial charge in [0.05, 0.1) is 6.54 Å². The number of anilines is 1. The van der Waals surface area contributed by atoms with Crippen LogP contribution in [0, 0.1) is 5.82 Å². The number of carbonyl (C=O) groups excluding carboxylic acids is 1. The number of amides is 1. The quantitative estimate of drug-likeness (QED) is 0.739. The summed E-state index contributed by atoms with van der Waals surface area (Å²) >= 11 is 0. The second-order valence-corrected chi connectivity index (χ2v) is 8.11. The Labute approximate surface area is 175 Å². The summed E-state index contributed by atoms with van der Waals surface area (Å²) in [6.07, 6.45) is 2.53. The average molecular weight is 412 g/mol. The lowest BCUT2D eigenvalue weighted by Gasteiger charge is -2.32. The number of benzene rings is 2. The van der Waals surface area contributed by atoms with Crippen molar-refractivity contribution in [2.75, 3.05) is 37.9 Å². The van der Waals surface area contributed by atoms with E-state index in [1.54, 1.807) is 17.0 Å². The molecule has 3 aliphatic heterocycles. The summed E-state index contributed by atoms with van der Waals surface area (Å²) < 4.78 is 29.5. The molecule has 5 rings (SSSR count). The Morgan fingerprint density at radius 3 is 2.57 bits per heavy atom. The van der Waals surface area contributed by atoms with E-state index in [0.29, 0.717) is 24.9 Å². The fraction of sp³-hybridized carbons (Fsp3) is 0.435. The third-order valence-electron chi connectivity index (χ3n) is 6.24. The number of hydrogen-bond donors (Lipinski definition) is 0. The van der Waals surface area contributed by atoms with Gasteiger partial charge in [-0.3, -0.25) is 4.90 Å². The maximum absolute atomic E-state index is 13.1. The Morgan fingerprint density at radius 1 is 1.00 bits per heavy atom. The van der Waals surface area contributed by atoms with E-state index in [1.165, 1.54) is 17.7 Å². The highest BCUT2D eigenvalue weighted by atomic mass is 19.1. The molecule has 1 amide bonds. The molecule has 2 aromatic rings. The van der Waals surface area contributed by atoms with Crippen LogP contribution < -0.4 is 14.4 Å². The highest BCUT2D eigenvalue weighted by Gasteiger charge is 2.33. The smallest absolute Gasteiger partial charge is 0.414 e. The van der Waals surface area contributed by atoms with Crippen molar-refractivity contribution in [2.24, 2.45) is 0 Å². The van der Waals surface area contributed by atoms with Crippen molar-refractivity contribution < 1.29 is 23.4 Å². The van der Waals surface area contributed by atoms with Gasteiger partial charge >= 0.3 is 6.09 Å². The van der Waals surface area contributed by atoms with E-state index >= 15 is 0 Å². The molecule has 30 heavy (non-hydrogen) atoms. The number of cyclic esters (lactones) is 1. The van der Waals surface area contributed by atoms with Crippen molar-refractivity contribution >= 4 is 11.8 Å². The minimum absolute atomic E-state index is 0.130. The van der Waals surface area contributed by atoms with Crippen molar-refractivity contribution in [3.63, 3.8) is 0 Å². The van der Waals surface area contributed by atoms with Crippen molar-refractivity contribution in [3.8, 4) is 11.5 Å². The van der Waals surface area contributed by atoms with E-state index in [0.717, 1.165) is 50.4 Å². The molecule has 0 aliphatic carbocycles. The van der Waals surface area contributed by atoms with E-state index in [-0.39, 0.29) is 18.0 Å².